The fraction of sp³-hybridized carbons (Fsp3) is 0.455. The normalized spacial score (nSPS) is 20.8. The highest BCUT2D eigenvalue weighted by molar-refractivity contribution is 5.95. The van der Waals surface area contributed by atoms with Crippen molar-refractivity contribution in [2.75, 3.05) is 5.43 Å². The number of hydrogen-bond acceptors (Lipinski definition) is 4. The minimum Gasteiger partial charge on any atom is -0.349 e. The molecule has 0 spiro atoms. The van der Waals surface area contributed by atoms with Crippen molar-refractivity contribution < 1.29 is 9.18 Å². The molecule has 1 saturated carbocycles. The first-order chi connectivity index (χ1) is 7.95. The number of carbonyl (C=O) groups is 1. The molecule has 1 aromatic heterocycles. The summed E-state index contributed by atoms with van der Waals surface area (Å²) >= 11 is 0. The van der Waals surface area contributed by atoms with Gasteiger partial charge in [-0.25, -0.2) is 15.2 Å². The minimum absolute atomic E-state index is 0.0457. The highest BCUT2D eigenvalue weighted by atomic mass is 19.1. The maximum absolute atomic E-state index is 13.7. The van der Waals surface area contributed by atoms with Crippen LogP contribution >= 0.6 is 0 Å². The number of nitrogen functional groups attached to an aromatic ring is 1. The van der Waals surface area contributed by atoms with Gasteiger partial charge < -0.3 is 10.7 Å². The summed E-state index contributed by atoms with van der Waals surface area (Å²) in [5.74, 6) is 3.80. The van der Waals surface area contributed by atoms with Gasteiger partial charge in [-0.15, -0.1) is 0 Å². The summed E-state index contributed by atoms with van der Waals surface area (Å²) in [6.07, 6.45) is 2.25. The second-order valence-corrected chi connectivity index (χ2v) is 4.88. The molecule has 0 aliphatic heterocycles. The maximum Gasteiger partial charge on any atom is 0.254 e. The number of nitrogens with one attached hydrogen (secondary N) is 2. The highest BCUT2D eigenvalue weighted by Crippen LogP contribution is 2.44. The molecule has 5 nitrogen and oxygen atoms in total. The van der Waals surface area contributed by atoms with Crippen molar-refractivity contribution in [1.82, 2.24) is 10.3 Å². The van der Waals surface area contributed by atoms with E-state index in [1.54, 1.807) is 0 Å². The Morgan fingerprint density at radius 1 is 1.65 bits per heavy atom. The third-order valence-corrected chi connectivity index (χ3v) is 3.09. The highest BCUT2D eigenvalue weighted by Gasteiger charge is 2.46. The van der Waals surface area contributed by atoms with Crippen LogP contribution in [-0.4, -0.2) is 16.9 Å². The Morgan fingerprint density at radius 3 is 2.82 bits per heavy atom. The summed E-state index contributed by atoms with van der Waals surface area (Å²) in [6, 6.07) is 1.44. The van der Waals surface area contributed by atoms with Crippen LogP contribution in [0.15, 0.2) is 12.3 Å². The van der Waals surface area contributed by atoms with Crippen molar-refractivity contribution in [2.45, 2.75) is 26.3 Å². The Morgan fingerprint density at radius 2 is 2.29 bits per heavy atom. The van der Waals surface area contributed by atoms with Crippen LogP contribution in [0.2, 0.25) is 0 Å². The van der Waals surface area contributed by atoms with E-state index in [-0.39, 0.29) is 22.8 Å². The number of pyridine rings is 1. The van der Waals surface area contributed by atoms with Gasteiger partial charge in [0.05, 0.1) is 5.56 Å². The number of nitrogens with two attached hydrogens (primary N) is 1. The minimum atomic E-state index is -0.731. The number of anilines is 1. The smallest absolute Gasteiger partial charge is 0.254 e. The monoisotopic (exact) mass is 238 g/mol. The molecule has 1 aromatic rings. The van der Waals surface area contributed by atoms with E-state index in [0.29, 0.717) is 0 Å². The average molecular weight is 238 g/mol. The number of aromatic nitrogens is 1. The van der Waals surface area contributed by atoms with Crippen LogP contribution in [0.25, 0.3) is 0 Å². The largest absolute Gasteiger partial charge is 0.349 e. The Hall–Kier alpha value is -1.69. The molecular formula is C11H15FN4O. The number of hydrogen-bond donors (Lipinski definition) is 3. The summed E-state index contributed by atoms with van der Waals surface area (Å²) < 4.78 is 13.7. The molecule has 1 atom stereocenters. The van der Waals surface area contributed by atoms with Crippen molar-refractivity contribution in [1.29, 1.82) is 0 Å². The second-order valence-electron chi connectivity index (χ2n) is 4.88. The van der Waals surface area contributed by atoms with E-state index in [0.717, 1.165) is 6.42 Å². The topological polar surface area (TPSA) is 80.0 Å². The predicted octanol–water partition coefficient (Wildman–Crippen LogP) is 1.03. The Labute approximate surface area is 98.6 Å². The number of nitrogens with zero attached hydrogens (tertiary/aromatic N) is 1. The average Bonchev–Trinajstić information content (AvgIpc) is 2.86. The third kappa shape index (κ3) is 2.21. The molecular weight excluding hydrogens is 223 g/mol. The first-order valence-corrected chi connectivity index (χ1v) is 5.37. The fourth-order valence-corrected chi connectivity index (χ4v) is 1.67. The molecule has 1 fully saturated rings. The van der Waals surface area contributed by atoms with Gasteiger partial charge >= 0.3 is 0 Å². The molecule has 6 heteroatoms. The lowest BCUT2D eigenvalue weighted by Gasteiger charge is -2.09. The predicted molar refractivity (Wildman–Crippen MR) is 61.7 cm³/mol. The molecule has 1 aliphatic rings. The molecule has 1 unspecified atom stereocenters. The molecule has 0 aromatic carbocycles. The first kappa shape index (κ1) is 11.8. The second kappa shape index (κ2) is 3.96. The summed E-state index contributed by atoms with van der Waals surface area (Å²) in [5.41, 5.74) is 2.17. The lowest BCUT2D eigenvalue weighted by Crippen LogP contribution is -2.29. The van der Waals surface area contributed by atoms with Gasteiger partial charge in [0.15, 0.2) is 11.6 Å². The summed E-state index contributed by atoms with van der Waals surface area (Å²) in [7, 11) is 0. The Kier molecular flexibility index (Phi) is 2.74. The van der Waals surface area contributed by atoms with Gasteiger partial charge in [0.2, 0.25) is 0 Å². The van der Waals surface area contributed by atoms with Crippen LogP contribution in [-0.2, 0) is 0 Å². The number of halogens is 1. The number of rotatable bonds is 3. The van der Waals surface area contributed by atoms with Crippen molar-refractivity contribution >= 4 is 11.7 Å². The van der Waals surface area contributed by atoms with Gasteiger partial charge in [0.1, 0.15) is 0 Å². The van der Waals surface area contributed by atoms with E-state index in [1.807, 2.05) is 13.8 Å². The quantitative estimate of drug-likeness (QED) is 0.543. The van der Waals surface area contributed by atoms with Gasteiger partial charge in [-0.1, -0.05) is 13.8 Å². The Balaban J connectivity index is 2.14. The molecule has 4 N–H and O–H groups in total. The van der Waals surface area contributed by atoms with Gasteiger partial charge in [-0.05, 0) is 17.9 Å². The molecule has 17 heavy (non-hydrogen) atoms. The van der Waals surface area contributed by atoms with E-state index in [1.165, 1.54) is 12.3 Å². The summed E-state index contributed by atoms with van der Waals surface area (Å²) in [5, 5.41) is 2.78. The first-order valence-electron chi connectivity index (χ1n) is 5.37. The van der Waals surface area contributed by atoms with Crippen molar-refractivity contribution in [3.8, 4) is 0 Å². The van der Waals surface area contributed by atoms with Gasteiger partial charge in [-0.3, -0.25) is 4.79 Å². The van der Waals surface area contributed by atoms with E-state index in [4.69, 9.17) is 5.84 Å². The molecule has 92 valence electrons. The van der Waals surface area contributed by atoms with Crippen LogP contribution in [0.3, 0.4) is 0 Å². The van der Waals surface area contributed by atoms with Crippen LogP contribution in [0.1, 0.15) is 30.6 Å². The summed E-state index contributed by atoms with van der Waals surface area (Å²) in [6.45, 7) is 4.10. The van der Waals surface area contributed by atoms with Gasteiger partial charge in [-0.2, -0.15) is 0 Å². The summed E-state index contributed by atoms with van der Waals surface area (Å²) in [4.78, 5) is 15.5. The Bertz CT molecular complexity index is 461. The number of amides is 1. The molecule has 1 amide bonds. The van der Waals surface area contributed by atoms with E-state index < -0.39 is 11.7 Å². The van der Waals surface area contributed by atoms with Crippen molar-refractivity contribution in [2.24, 2.45) is 11.3 Å². The van der Waals surface area contributed by atoms with E-state index in [2.05, 4.69) is 15.7 Å². The van der Waals surface area contributed by atoms with Crippen molar-refractivity contribution in [3.63, 3.8) is 0 Å². The molecule has 1 heterocycles. The van der Waals surface area contributed by atoms with Crippen molar-refractivity contribution in [3.05, 3.63) is 23.6 Å². The van der Waals surface area contributed by atoms with Gasteiger partial charge in [0.25, 0.3) is 5.91 Å². The number of hydrazine groups is 1. The zero-order chi connectivity index (χ0) is 12.6. The van der Waals surface area contributed by atoms with Gasteiger partial charge in [0, 0.05) is 12.2 Å². The molecule has 0 bridgehead atoms. The van der Waals surface area contributed by atoms with E-state index >= 15 is 0 Å². The molecule has 2 rings (SSSR count). The fourth-order valence-electron chi connectivity index (χ4n) is 1.67. The van der Waals surface area contributed by atoms with Crippen LogP contribution in [0.4, 0.5) is 10.2 Å². The molecule has 1 aliphatic carbocycles. The molecule has 0 radical (unpaired) electrons. The van der Waals surface area contributed by atoms with Crippen LogP contribution in [0.5, 0.6) is 0 Å². The van der Waals surface area contributed by atoms with Crippen LogP contribution in [0, 0.1) is 11.2 Å². The zero-order valence-electron chi connectivity index (χ0n) is 9.75. The third-order valence-electron chi connectivity index (χ3n) is 3.09. The van der Waals surface area contributed by atoms with E-state index in [9.17, 15) is 9.18 Å². The van der Waals surface area contributed by atoms with Crippen LogP contribution < -0.4 is 16.6 Å². The SMILES string of the molecule is CC1(C)CC1NC(=O)c1ccnc(NN)c1F. The number of carbonyl (C=O) groups excluding carboxylic acids is 1. The lowest BCUT2D eigenvalue weighted by molar-refractivity contribution is 0.0942. The standard InChI is InChI=1S/C11H15FN4O/c1-11(2)5-7(11)15-10(17)6-3-4-14-9(16-13)8(6)12/h3-4,7H,5,13H2,1-2H3,(H,14,16)(H,15,17). The lowest BCUT2D eigenvalue weighted by atomic mass is 10.2. The zero-order valence-corrected chi connectivity index (χ0v) is 9.75. The molecule has 0 saturated heterocycles. The maximum atomic E-state index is 13.7.